The van der Waals surface area contributed by atoms with Crippen LogP contribution in [-0.4, -0.2) is 7.11 Å². The average molecular weight is 401 g/mol. The Morgan fingerprint density at radius 3 is 2.33 bits per heavy atom. The highest BCUT2D eigenvalue weighted by Crippen LogP contribution is 2.35. The van der Waals surface area contributed by atoms with E-state index in [9.17, 15) is 0 Å². The average Bonchev–Trinajstić information content (AvgIpc) is 3.10. The first-order valence-electron chi connectivity index (χ1n) is 10.5. The summed E-state index contributed by atoms with van der Waals surface area (Å²) in [7, 11) is 1.69. The Hall–Kier alpha value is -3.20. The Morgan fingerprint density at radius 1 is 0.867 bits per heavy atom. The summed E-state index contributed by atoms with van der Waals surface area (Å²) in [4.78, 5) is 0. The summed E-state index contributed by atoms with van der Waals surface area (Å²) < 4.78 is 17.9. The lowest BCUT2D eigenvalue weighted by Gasteiger charge is -2.12. The molecule has 3 aromatic carbocycles. The Morgan fingerprint density at radius 2 is 1.63 bits per heavy atom. The summed E-state index contributed by atoms with van der Waals surface area (Å²) in [5, 5.41) is 1.18. The Balaban J connectivity index is 1.65. The van der Waals surface area contributed by atoms with Crippen molar-refractivity contribution >= 4 is 11.0 Å². The molecule has 1 heterocycles. The monoisotopic (exact) mass is 400 g/mol. The SMILES string of the molecule is CCCc1c(OCc2ccccc2)ccc2c(C)c(Cc3ccc(OC)cc3)oc12. The maximum atomic E-state index is 6.42. The van der Waals surface area contributed by atoms with Crippen LogP contribution in [0.1, 0.15) is 41.4 Å². The second kappa shape index (κ2) is 9.08. The fraction of sp³-hybridized carbons (Fsp3) is 0.259. The summed E-state index contributed by atoms with van der Waals surface area (Å²) in [6.07, 6.45) is 2.72. The van der Waals surface area contributed by atoms with Crippen LogP contribution in [0.2, 0.25) is 0 Å². The van der Waals surface area contributed by atoms with Crippen LogP contribution in [0.3, 0.4) is 0 Å². The minimum absolute atomic E-state index is 0.557. The fourth-order valence-corrected chi connectivity index (χ4v) is 3.83. The minimum atomic E-state index is 0.557. The molecule has 154 valence electrons. The van der Waals surface area contributed by atoms with E-state index in [0.29, 0.717) is 6.61 Å². The fourth-order valence-electron chi connectivity index (χ4n) is 3.83. The molecular weight excluding hydrogens is 372 g/mol. The lowest BCUT2D eigenvalue weighted by molar-refractivity contribution is 0.303. The molecule has 0 saturated heterocycles. The predicted octanol–water partition coefficient (Wildman–Crippen LogP) is 6.87. The molecule has 30 heavy (non-hydrogen) atoms. The second-order valence-electron chi connectivity index (χ2n) is 7.62. The number of hydrogen-bond donors (Lipinski definition) is 0. The van der Waals surface area contributed by atoms with Crippen molar-refractivity contribution in [1.82, 2.24) is 0 Å². The predicted molar refractivity (Wildman–Crippen MR) is 122 cm³/mol. The Kier molecular flexibility index (Phi) is 6.08. The van der Waals surface area contributed by atoms with Crippen molar-refractivity contribution in [3.63, 3.8) is 0 Å². The van der Waals surface area contributed by atoms with Crippen molar-refractivity contribution in [2.24, 2.45) is 0 Å². The zero-order valence-electron chi connectivity index (χ0n) is 17.9. The molecule has 0 fully saturated rings. The third-order valence-electron chi connectivity index (χ3n) is 5.53. The standard InChI is InChI=1S/C27H28O3/c1-4-8-24-25(29-18-21-9-6-5-7-10-21)16-15-23-19(2)26(30-27(23)24)17-20-11-13-22(28-3)14-12-20/h5-7,9-16H,4,8,17-18H2,1-3H3. The molecule has 3 nitrogen and oxygen atoms in total. The molecule has 0 aliphatic heterocycles. The van der Waals surface area contributed by atoms with Gasteiger partial charge in [0.05, 0.1) is 7.11 Å². The van der Waals surface area contributed by atoms with Gasteiger partial charge in [0, 0.05) is 17.4 Å². The van der Waals surface area contributed by atoms with Crippen LogP contribution < -0.4 is 9.47 Å². The Bertz CT molecular complexity index is 1110. The van der Waals surface area contributed by atoms with E-state index in [-0.39, 0.29) is 0 Å². The van der Waals surface area contributed by atoms with E-state index in [1.54, 1.807) is 7.11 Å². The van der Waals surface area contributed by atoms with Crippen molar-refractivity contribution in [3.05, 3.63) is 94.7 Å². The third-order valence-corrected chi connectivity index (χ3v) is 5.53. The van der Waals surface area contributed by atoms with Crippen molar-refractivity contribution in [2.45, 2.75) is 39.7 Å². The number of ether oxygens (including phenoxy) is 2. The van der Waals surface area contributed by atoms with E-state index in [1.807, 2.05) is 30.3 Å². The number of hydrogen-bond acceptors (Lipinski definition) is 3. The maximum absolute atomic E-state index is 6.42. The van der Waals surface area contributed by atoms with E-state index in [1.165, 1.54) is 16.5 Å². The van der Waals surface area contributed by atoms with Gasteiger partial charge in [0.1, 0.15) is 29.4 Å². The highest BCUT2D eigenvalue weighted by atomic mass is 16.5. The van der Waals surface area contributed by atoms with Crippen LogP contribution >= 0.6 is 0 Å². The molecule has 0 aliphatic carbocycles. The van der Waals surface area contributed by atoms with Crippen molar-refractivity contribution < 1.29 is 13.9 Å². The van der Waals surface area contributed by atoms with Crippen molar-refractivity contribution in [1.29, 1.82) is 0 Å². The lowest BCUT2D eigenvalue weighted by Crippen LogP contribution is -1.99. The molecule has 1 aromatic heterocycles. The zero-order valence-corrected chi connectivity index (χ0v) is 17.9. The lowest BCUT2D eigenvalue weighted by atomic mass is 10.0. The summed E-state index contributed by atoms with van der Waals surface area (Å²) in [6, 6.07) is 22.7. The number of methoxy groups -OCH3 is 1. The third kappa shape index (κ3) is 4.20. The highest BCUT2D eigenvalue weighted by molar-refractivity contribution is 5.87. The minimum Gasteiger partial charge on any atom is -0.497 e. The van der Waals surface area contributed by atoms with Gasteiger partial charge in [0.2, 0.25) is 0 Å². The van der Waals surface area contributed by atoms with Crippen LogP contribution in [0.25, 0.3) is 11.0 Å². The first-order valence-corrected chi connectivity index (χ1v) is 10.5. The van der Waals surface area contributed by atoms with E-state index in [4.69, 9.17) is 13.9 Å². The van der Waals surface area contributed by atoms with Gasteiger partial charge in [-0.1, -0.05) is 55.8 Å². The normalized spacial score (nSPS) is 11.0. The van der Waals surface area contributed by atoms with Gasteiger partial charge >= 0.3 is 0 Å². The molecule has 0 radical (unpaired) electrons. The molecule has 0 saturated carbocycles. The van der Waals surface area contributed by atoms with Gasteiger partial charge < -0.3 is 13.9 Å². The highest BCUT2D eigenvalue weighted by Gasteiger charge is 2.17. The number of aryl methyl sites for hydroxylation is 2. The summed E-state index contributed by atoms with van der Waals surface area (Å²) >= 11 is 0. The number of rotatable bonds is 8. The largest absolute Gasteiger partial charge is 0.497 e. The van der Waals surface area contributed by atoms with Crippen LogP contribution in [0, 0.1) is 6.92 Å². The van der Waals surface area contributed by atoms with Crippen molar-refractivity contribution in [3.8, 4) is 11.5 Å². The molecule has 4 rings (SSSR count). The molecule has 0 bridgehead atoms. The van der Waals surface area contributed by atoms with Crippen LogP contribution in [0.5, 0.6) is 11.5 Å². The van der Waals surface area contributed by atoms with Crippen LogP contribution in [0.4, 0.5) is 0 Å². The van der Waals surface area contributed by atoms with Crippen molar-refractivity contribution in [2.75, 3.05) is 7.11 Å². The molecule has 3 heteroatoms. The van der Waals surface area contributed by atoms with E-state index in [2.05, 4.69) is 50.2 Å². The molecule has 0 amide bonds. The number of fused-ring (bicyclic) bond motifs is 1. The van der Waals surface area contributed by atoms with Gasteiger partial charge in [-0.2, -0.15) is 0 Å². The number of benzene rings is 3. The van der Waals surface area contributed by atoms with Gasteiger partial charge in [0.15, 0.2) is 0 Å². The Labute approximate surface area is 178 Å². The molecule has 0 spiro atoms. The molecule has 0 atom stereocenters. The van der Waals surface area contributed by atoms with Gasteiger partial charge in [-0.3, -0.25) is 0 Å². The second-order valence-corrected chi connectivity index (χ2v) is 7.62. The molecule has 0 unspecified atom stereocenters. The quantitative estimate of drug-likeness (QED) is 0.323. The molecule has 4 aromatic rings. The van der Waals surface area contributed by atoms with E-state index in [0.717, 1.165) is 53.2 Å². The van der Waals surface area contributed by atoms with Gasteiger partial charge in [-0.15, -0.1) is 0 Å². The summed E-state index contributed by atoms with van der Waals surface area (Å²) in [6.45, 7) is 4.89. The van der Waals surface area contributed by atoms with Gasteiger partial charge in [-0.05, 0) is 54.3 Å². The summed E-state index contributed by atoms with van der Waals surface area (Å²) in [5.41, 5.74) is 5.69. The maximum Gasteiger partial charge on any atom is 0.141 e. The molecule has 0 N–H and O–H groups in total. The van der Waals surface area contributed by atoms with E-state index >= 15 is 0 Å². The van der Waals surface area contributed by atoms with E-state index < -0.39 is 0 Å². The van der Waals surface area contributed by atoms with Gasteiger partial charge in [0.25, 0.3) is 0 Å². The van der Waals surface area contributed by atoms with Crippen LogP contribution in [-0.2, 0) is 19.4 Å². The topological polar surface area (TPSA) is 31.6 Å². The first kappa shape index (κ1) is 20.1. The first-order chi connectivity index (χ1) is 14.7. The van der Waals surface area contributed by atoms with Gasteiger partial charge in [-0.25, -0.2) is 0 Å². The molecule has 0 aliphatic rings. The summed E-state index contributed by atoms with van der Waals surface area (Å²) in [5.74, 6) is 2.79. The zero-order chi connectivity index (χ0) is 20.9. The number of furan rings is 1. The molecular formula is C27H28O3. The smallest absolute Gasteiger partial charge is 0.141 e. The van der Waals surface area contributed by atoms with Crippen LogP contribution in [0.15, 0.2) is 71.1 Å².